The summed E-state index contributed by atoms with van der Waals surface area (Å²) in [6.45, 7) is 3.20. The highest BCUT2D eigenvalue weighted by molar-refractivity contribution is 6.81. The van der Waals surface area contributed by atoms with E-state index in [1.807, 2.05) is 0 Å². The fourth-order valence-corrected chi connectivity index (χ4v) is 14.6. The molecule has 0 spiro atoms. The van der Waals surface area contributed by atoms with Gasteiger partial charge in [-0.25, -0.2) is 4.79 Å². The van der Waals surface area contributed by atoms with Gasteiger partial charge in [-0.15, -0.1) is 0 Å². The normalized spacial score (nSPS) is 17.0. The van der Waals surface area contributed by atoms with Crippen molar-refractivity contribution in [1.82, 2.24) is 0 Å². The lowest BCUT2D eigenvalue weighted by Gasteiger charge is -2.41. The van der Waals surface area contributed by atoms with Crippen LogP contribution in [-0.4, -0.2) is 121 Å². The largest absolute Gasteiger partial charge is 0.671 e. The molecule has 11 nitrogen and oxygen atoms in total. The maximum atomic E-state index is 14.2. The highest BCUT2D eigenvalue weighted by Gasteiger charge is 2.73. The zero-order valence-electron chi connectivity index (χ0n) is 28.5. The van der Waals surface area contributed by atoms with Gasteiger partial charge in [0.2, 0.25) is 0 Å². The zero-order valence-corrected chi connectivity index (χ0v) is 31.5. The van der Waals surface area contributed by atoms with Crippen LogP contribution in [0, 0.1) is 0 Å². The topological polar surface area (TPSA) is 120 Å². The first kappa shape index (κ1) is 48.9. The molecular weight excluding hydrogens is 776 g/mol. The molecule has 0 aromatic carbocycles. The molecule has 0 rings (SSSR count). The number of aliphatic hydroxyl groups is 1. The molecule has 300 valence electrons. The number of rotatable bonds is 20. The second-order valence-electron chi connectivity index (χ2n) is 11.8. The van der Waals surface area contributed by atoms with Gasteiger partial charge >= 0.3 is 57.1 Å². The van der Waals surface area contributed by atoms with Gasteiger partial charge in [-0.1, -0.05) is 0 Å². The molecule has 0 heterocycles. The third-order valence-corrected chi connectivity index (χ3v) is 17.5. The Hall–Kier alpha value is -1.08. The van der Waals surface area contributed by atoms with Gasteiger partial charge < -0.3 is 44.9 Å². The number of hydrogen-bond donors (Lipinski definition) is 1. The monoisotopic (exact) mass is 818 g/mol. The standard InChI is InChI=1S/C24H42F12O11Si3/c1-18(2,3)45-17(37)16-44-20(23(31,32)33,24(34,35)36)13-11-15-49(40-5,47-50(41-6,42-7)43-8)46-48(9,39-4)14-10-12-19(38,21(25,26)27)22(28,29)30/h38H,10-16H2,1-9H3. The van der Waals surface area contributed by atoms with Crippen LogP contribution in [0.25, 0.3) is 0 Å². The maximum absolute atomic E-state index is 14.2. The zero-order chi connectivity index (χ0) is 39.9. The van der Waals surface area contributed by atoms with Crippen molar-refractivity contribution < 1.29 is 102 Å². The Morgan fingerprint density at radius 2 is 1.06 bits per heavy atom. The molecule has 0 amide bonds. The molecule has 0 aliphatic rings. The molecule has 2 atom stereocenters. The summed E-state index contributed by atoms with van der Waals surface area (Å²) in [7, 11) is -8.78. The van der Waals surface area contributed by atoms with Crippen molar-refractivity contribution in [3.8, 4) is 0 Å². The number of halogens is 12. The first-order valence-electron chi connectivity index (χ1n) is 14.2. The molecule has 0 aliphatic carbocycles. The van der Waals surface area contributed by atoms with Crippen molar-refractivity contribution in [3.63, 3.8) is 0 Å². The summed E-state index contributed by atoms with van der Waals surface area (Å²) < 4.78 is 211. The van der Waals surface area contributed by atoms with E-state index < -0.39 is 118 Å². The number of carbonyl (C=O) groups excluding carboxylic acids is 1. The Kier molecular flexibility index (Phi) is 17.0. The Morgan fingerprint density at radius 3 is 1.40 bits per heavy atom. The molecule has 0 aromatic rings. The Balaban J connectivity index is 6.75. The quantitative estimate of drug-likeness (QED) is 0.0843. The van der Waals surface area contributed by atoms with Gasteiger partial charge in [0.15, 0.2) is 0 Å². The van der Waals surface area contributed by atoms with Crippen LogP contribution in [-0.2, 0) is 44.6 Å². The molecule has 0 aliphatic heterocycles. The number of esters is 1. The lowest BCUT2D eigenvalue weighted by molar-refractivity contribution is -0.381. The van der Waals surface area contributed by atoms with E-state index in [9.17, 15) is 62.6 Å². The summed E-state index contributed by atoms with van der Waals surface area (Å²) >= 11 is 0. The van der Waals surface area contributed by atoms with Crippen LogP contribution in [0.15, 0.2) is 0 Å². The van der Waals surface area contributed by atoms with E-state index in [0.717, 1.165) is 42.1 Å². The molecule has 0 bridgehead atoms. The van der Waals surface area contributed by atoms with Crippen LogP contribution in [0.5, 0.6) is 0 Å². The molecule has 0 saturated carbocycles. The van der Waals surface area contributed by atoms with Crippen molar-refractivity contribution in [2.75, 3.05) is 42.2 Å². The van der Waals surface area contributed by atoms with Gasteiger partial charge in [0, 0.05) is 41.6 Å². The summed E-state index contributed by atoms with van der Waals surface area (Å²) in [5, 5.41) is 9.51. The van der Waals surface area contributed by atoms with Crippen LogP contribution >= 0.6 is 0 Å². The molecule has 26 heteroatoms. The molecule has 0 aromatic heterocycles. The Morgan fingerprint density at radius 1 is 0.620 bits per heavy atom. The number of ether oxygens (including phenoxy) is 2. The number of carbonyl (C=O) groups is 1. The van der Waals surface area contributed by atoms with Crippen LogP contribution in [0.1, 0.15) is 46.5 Å². The third-order valence-electron chi connectivity index (χ3n) is 7.04. The minimum absolute atomic E-state index is 0.769. The van der Waals surface area contributed by atoms with Crippen molar-refractivity contribution in [3.05, 3.63) is 0 Å². The van der Waals surface area contributed by atoms with E-state index in [1.165, 1.54) is 20.8 Å². The van der Waals surface area contributed by atoms with Crippen molar-refractivity contribution >= 4 is 32.4 Å². The molecule has 0 radical (unpaired) electrons. The lowest BCUT2D eigenvalue weighted by Crippen LogP contribution is -2.63. The number of hydrogen-bond acceptors (Lipinski definition) is 11. The minimum Gasteiger partial charge on any atom is -0.458 e. The van der Waals surface area contributed by atoms with E-state index in [-0.39, 0.29) is 0 Å². The van der Waals surface area contributed by atoms with E-state index in [4.69, 9.17) is 35.1 Å². The highest BCUT2D eigenvalue weighted by Crippen LogP contribution is 2.50. The van der Waals surface area contributed by atoms with Crippen LogP contribution in [0.3, 0.4) is 0 Å². The average Bonchev–Trinajstić information content (AvgIpc) is 2.94. The van der Waals surface area contributed by atoms with E-state index in [2.05, 4.69) is 4.74 Å². The molecule has 2 unspecified atom stereocenters. The van der Waals surface area contributed by atoms with Crippen molar-refractivity contribution in [1.29, 1.82) is 0 Å². The van der Waals surface area contributed by atoms with E-state index >= 15 is 0 Å². The molecule has 0 saturated heterocycles. The molecule has 50 heavy (non-hydrogen) atoms. The van der Waals surface area contributed by atoms with Gasteiger partial charge in [0.1, 0.15) is 12.2 Å². The lowest BCUT2D eigenvalue weighted by atomic mass is 9.96. The average molecular weight is 819 g/mol. The predicted octanol–water partition coefficient (Wildman–Crippen LogP) is 6.34. The first-order chi connectivity index (χ1) is 22.2. The third kappa shape index (κ3) is 12.5. The van der Waals surface area contributed by atoms with Gasteiger partial charge in [-0.2, -0.15) is 52.7 Å². The smallest absolute Gasteiger partial charge is 0.458 e. The van der Waals surface area contributed by atoms with Crippen molar-refractivity contribution in [2.24, 2.45) is 0 Å². The van der Waals surface area contributed by atoms with Gasteiger partial charge in [-0.05, 0) is 59.0 Å². The Labute approximate surface area is 283 Å². The van der Waals surface area contributed by atoms with Crippen LogP contribution in [0.2, 0.25) is 18.6 Å². The predicted molar refractivity (Wildman–Crippen MR) is 152 cm³/mol. The summed E-state index contributed by atoms with van der Waals surface area (Å²) in [5.74, 6) is -1.55. The summed E-state index contributed by atoms with van der Waals surface area (Å²) in [5.41, 5.74) is -11.4. The van der Waals surface area contributed by atoms with Crippen molar-refractivity contribution in [2.45, 2.75) is 107 Å². The summed E-state index contributed by atoms with van der Waals surface area (Å²) in [6.07, 6.45) is -30.8. The van der Waals surface area contributed by atoms with Gasteiger partial charge in [-0.3, -0.25) is 0 Å². The second-order valence-corrected chi connectivity index (χ2v) is 21.1. The molecule has 1 N–H and O–H groups in total. The van der Waals surface area contributed by atoms with Gasteiger partial charge in [0.25, 0.3) is 11.2 Å². The minimum atomic E-state index is -6.18. The SMILES string of the molecule is CO[Si](C)(CCCC(O)(C(F)(F)F)C(F)(F)F)O[Si](CCCC(OCC(=O)OC(C)(C)C)(C(F)(F)F)C(F)(F)F)(OC)O[Si](OC)(OC)OC. The maximum Gasteiger partial charge on any atom is 0.671 e. The Bertz CT molecular complexity index is 1030. The number of alkyl halides is 12. The molecular formula is C24H42F12O11Si3. The summed E-state index contributed by atoms with van der Waals surface area (Å²) in [6, 6.07) is -1.76. The van der Waals surface area contributed by atoms with Crippen LogP contribution < -0.4 is 0 Å². The van der Waals surface area contributed by atoms with Gasteiger partial charge in [0.05, 0.1) is 0 Å². The first-order valence-corrected chi connectivity index (χ1v) is 20.3. The fourth-order valence-electron chi connectivity index (χ4n) is 4.29. The van der Waals surface area contributed by atoms with E-state index in [1.54, 1.807) is 0 Å². The fraction of sp³-hybridized carbons (Fsp3) is 0.958. The summed E-state index contributed by atoms with van der Waals surface area (Å²) in [4.78, 5) is 12.0. The molecule has 0 fully saturated rings. The van der Waals surface area contributed by atoms with Crippen LogP contribution in [0.4, 0.5) is 52.7 Å². The second kappa shape index (κ2) is 17.4. The highest BCUT2D eigenvalue weighted by atomic mass is 28.5. The van der Waals surface area contributed by atoms with E-state index in [0.29, 0.717) is 0 Å².